The molecule has 0 aromatic rings. The van der Waals surface area contributed by atoms with E-state index in [1.165, 1.54) is 89.9 Å². The van der Waals surface area contributed by atoms with Crippen LogP contribution in [-0.2, 0) is 14.4 Å². The van der Waals surface area contributed by atoms with Crippen molar-refractivity contribution in [3.05, 3.63) is 0 Å². The van der Waals surface area contributed by atoms with Crippen molar-refractivity contribution in [2.24, 2.45) is 0 Å². The fourth-order valence-corrected chi connectivity index (χ4v) is 6.28. The van der Waals surface area contributed by atoms with Crippen molar-refractivity contribution in [2.45, 2.75) is 148 Å². The summed E-state index contributed by atoms with van der Waals surface area (Å²) in [7, 11) is 0. The maximum absolute atomic E-state index is 13.4. The summed E-state index contributed by atoms with van der Waals surface area (Å²) in [5.74, 6) is -1.83. The van der Waals surface area contributed by atoms with Crippen molar-refractivity contribution in [1.29, 1.82) is 0 Å². The lowest BCUT2D eigenvalue weighted by Crippen LogP contribution is -2.60. The molecule has 9 nitrogen and oxygen atoms in total. The molecule has 1 rings (SSSR count). The number of hydrogen-bond donors (Lipinski definition) is 4. The van der Waals surface area contributed by atoms with Gasteiger partial charge in [-0.1, -0.05) is 110 Å². The van der Waals surface area contributed by atoms with Gasteiger partial charge >= 0.3 is 11.9 Å². The predicted octanol–water partition coefficient (Wildman–Crippen LogP) is 6.06. The number of carboxylic acids is 2. The summed E-state index contributed by atoms with van der Waals surface area (Å²) in [6.07, 6.45) is 22.6. The zero-order valence-electron chi connectivity index (χ0n) is 27.8. The van der Waals surface area contributed by atoms with Crippen LogP contribution in [0.2, 0.25) is 0 Å². The summed E-state index contributed by atoms with van der Waals surface area (Å²) in [4.78, 5) is 40.3. The van der Waals surface area contributed by atoms with Gasteiger partial charge in [-0.25, -0.2) is 0 Å². The summed E-state index contributed by atoms with van der Waals surface area (Å²) < 4.78 is 0. The van der Waals surface area contributed by atoms with Crippen LogP contribution in [0.5, 0.6) is 0 Å². The van der Waals surface area contributed by atoms with Crippen molar-refractivity contribution in [3.8, 4) is 0 Å². The fraction of sp³-hybridized carbons (Fsp3) is 0.912. The van der Waals surface area contributed by atoms with Crippen LogP contribution in [0.1, 0.15) is 142 Å². The minimum atomic E-state index is -1.03. The van der Waals surface area contributed by atoms with Crippen LogP contribution in [0, 0.1) is 0 Å². The lowest BCUT2D eigenvalue weighted by atomic mass is 9.89. The third-order valence-electron chi connectivity index (χ3n) is 8.91. The largest absolute Gasteiger partial charge is 0.480 e. The summed E-state index contributed by atoms with van der Waals surface area (Å²) >= 11 is 0. The second kappa shape index (κ2) is 25.6. The Balaban J connectivity index is 2.63. The molecular formula is C34H66N4O5. The monoisotopic (exact) mass is 611 g/mol. The van der Waals surface area contributed by atoms with E-state index in [9.17, 15) is 24.6 Å². The van der Waals surface area contributed by atoms with Gasteiger partial charge in [0.1, 0.15) is 0 Å². The number of rotatable bonds is 28. The molecule has 0 unspecified atom stereocenters. The molecule has 9 heteroatoms. The van der Waals surface area contributed by atoms with Gasteiger partial charge in [0.25, 0.3) is 0 Å². The first-order chi connectivity index (χ1) is 20.8. The topological polar surface area (TPSA) is 122 Å². The Hall–Kier alpha value is -1.71. The molecule has 0 bridgehead atoms. The number of nitrogens with one attached hydrogen (secondary N) is 2. The summed E-state index contributed by atoms with van der Waals surface area (Å²) in [5, 5.41) is 25.7. The Morgan fingerprint density at radius 2 is 1.02 bits per heavy atom. The number of carbonyl (C=O) groups excluding carboxylic acids is 1. The molecule has 1 aliphatic rings. The van der Waals surface area contributed by atoms with E-state index < -0.39 is 17.5 Å². The highest BCUT2D eigenvalue weighted by Crippen LogP contribution is 2.24. The van der Waals surface area contributed by atoms with E-state index in [-0.39, 0.29) is 19.0 Å². The van der Waals surface area contributed by atoms with Crippen molar-refractivity contribution in [2.75, 3.05) is 52.4 Å². The second-order valence-electron chi connectivity index (χ2n) is 12.8. The van der Waals surface area contributed by atoms with Crippen LogP contribution in [0.3, 0.4) is 0 Å². The molecule has 0 aliphatic carbocycles. The van der Waals surface area contributed by atoms with Gasteiger partial charge < -0.3 is 25.7 Å². The van der Waals surface area contributed by atoms with Crippen LogP contribution in [-0.4, -0.2) is 95.8 Å². The van der Waals surface area contributed by atoms with Gasteiger partial charge in [-0.15, -0.1) is 0 Å². The zero-order valence-corrected chi connectivity index (χ0v) is 27.8. The van der Waals surface area contributed by atoms with Gasteiger partial charge in [-0.3, -0.25) is 19.3 Å². The van der Waals surface area contributed by atoms with Crippen LogP contribution < -0.4 is 10.6 Å². The molecular weight excluding hydrogens is 544 g/mol. The molecule has 4 N–H and O–H groups in total. The first-order valence-corrected chi connectivity index (χ1v) is 17.7. The molecule has 0 atom stereocenters. The van der Waals surface area contributed by atoms with E-state index in [0.29, 0.717) is 25.9 Å². The summed E-state index contributed by atoms with van der Waals surface area (Å²) in [6, 6.07) is 0. The minimum absolute atomic E-state index is 0.227. The Labute approximate surface area is 262 Å². The maximum atomic E-state index is 13.4. The standard InChI is InChI=1S/C34H66N4O5/c1-3-5-7-9-11-13-15-19-25-37(26-20-16-14-12-10-8-6-4-2)31(39)21-17-18-22-34(29-35-23-24-36-30-34)38(27-32(40)41)28-33(42)43/h35-36H,3-30H2,1-2H3,(H,40,41)(H,42,43). The third kappa shape index (κ3) is 19.3. The van der Waals surface area contributed by atoms with Crippen LogP contribution in [0.25, 0.3) is 0 Å². The molecule has 1 heterocycles. The number of hydrogen-bond acceptors (Lipinski definition) is 6. The fourth-order valence-electron chi connectivity index (χ4n) is 6.28. The molecule has 252 valence electrons. The van der Waals surface area contributed by atoms with Gasteiger partial charge in [-0.2, -0.15) is 0 Å². The first-order valence-electron chi connectivity index (χ1n) is 17.7. The molecule has 1 amide bonds. The zero-order chi connectivity index (χ0) is 31.6. The molecule has 1 fully saturated rings. The van der Waals surface area contributed by atoms with E-state index in [1.807, 2.05) is 0 Å². The average molecular weight is 611 g/mol. The van der Waals surface area contributed by atoms with Crippen LogP contribution >= 0.6 is 0 Å². The van der Waals surface area contributed by atoms with Crippen LogP contribution in [0.15, 0.2) is 0 Å². The Morgan fingerprint density at radius 3 is 1.44 bits per heavy atom. The minimum Gasteiger partial charge on any atom is -0.480 e. The highest BCUT2D eigenvalue weighted by Gasteiger charge is 2.39. The Morgan fingerprint density at radius 1 is 0.605 bits per heavy atom. The molecule has 0 radical (unpaired) electrons. The number of amides is 1. The van der Waals surface area contributed by atoms with Gasteiger partial charge in [0.2, 0.25) is 5.91 Å². The van der Waals surface area contributed by atoms with Crippen LogP contribution in [0.4, 0.5) is 0 Å². The van der Waals surface area contributed by atoms with Crippen molar-refractivity contribution in [3.63, 3.8) is 0 Å². The molecule has 0 saturated carbocycles. The number of nitrogens with zero attached hydrogens (tertiary/aromatic N) is 2. The number of aliphatic carboxylic acids is 2. The predicted molar refractivity (Wildman–Crippen MR) is 176 cm³/mol. The van der Waals surface area contributed by atoms with E-state index >= 15 is 0 Å². The third-order valence-corrected chi connectivity index (χ3v) is 8.91. The van der Waals surface area contributed by atoms with E-state index in [4.69, 9.17) is 0 Å². The van der Waals surface area contributed by atoms with Crippen molar-refractivity contribution < 1.29 is 24.6 Å². The van der Waals surface area contributed by atoms with E-state index in [0.717, 1.165) is 51.9 Å². The highest BCUT2D eigenvalue weighted by atomic mass is 16.4. The van der Waals surface area contributed by atoms with Gasteiger partial charge in [-0.05, 0) is 25.7 Å². The molecule has 43 heavy (non-hydrogen) atoms. The average Bonchev–Trinajstić information content (AvgIpc) is 3.22. The lowest BCUT2D eigenvalue weighted by molar-refractivity contribution is -0.145. The van der Waals surface area contributed by atoms with E-state index in [1.54, 1.807) is 4.90 Å². The van der Waals surface area contributed by atoms with Gasteiger partial charge in [0.05, 0.1) is 13.1 Å². The molecule has 1 aliphatic heterocycles. The molecule has 0 spiro atoms. The SMILES string of the molecule is CCCCCCCCCCN(CCCCCCCCCC)C(=O)CCCCC1(N(CC(=O)O)CC(=O)O)CNCCNC1. The number of unbranched alkanes of at least 4 members (excludes halogenated alkanes) is 15. The Bertz CT molecular complexity index is 692. The number of carboxylic acid groups (broad SMARTS) is 2. The van der Waals surface area contributed by atoms with E-state index in [2.05, 4.69) is 29.4 Å². The van der Waals surface area contributed by atoms with Crippen molar-refractivity contribution in [1.82, 2.24) is 20.4 Å². The summed E-state index contributed by atoms with van der Waals surface area (Å²) in [5.41, 5.74) is -0.621. The normalized spacial score (nSPS) is 15.0. The maximum Gasteiger partial charge on any atom is 0.317 e. The van der Waals surface area contributed by atoms with Gasteiger partial charge in [0, 0.05) is 51.2 Å². The highest BCUT2D eigenvalue weighted by molar-refractivity contribution is 5.76. The number of carbonyl (C=O) groups is 3. The first kappa shape index (κ1) is 39.3. The molecule has 0 aromatic carbocycles. The molecule has 1 saturated heterocycles. The quantitative estimate of drug-likeness (QED) is 0.0789. The second-order valence-corrected chi connectivity index (χ2v) is 12.8. The molecule has 0 aromatic heterocycles. The lowest BCUT2D eigenvalue weighted by Gasteiger charge is -2.42. The van der Waals surface area contributed by atoms with Gasteiger partial charge in [0.15, 0.2) is 0 Å². The summed E-state index contributed by atoms with van der Waals surface area (Å²) in [6.45, 7) is 8.08. The smallest absolute Gasteiger partial charge is 0.317 e. The van der Waals surface area contributed by atoms with Crippen molar-refractivity contribution >= 4 is 17.8 Å². The Kier molecular flexibility index (Phi) is 23.4.